The van der Waals surface area contributed by atoms with Gasteiger partial charge in [-0.05, 0) is 25.1 Å². The predicted octanol–water partition coefficient (Wildman–Crippen LogP) is 2.48. The van der Waals surface area contributed by atoms with E-state index in [-0.39, 0.29) is 0 Å². The molecular weight excluding hydrogens is 333 g/mol. The third-order valence-corrected chi connectivity index (χ3v) is 3.59. The number of nitrogens with one attached hydrogen (secondary N) is 3. The van der Waals surface area contributed by atoms with Gasteiger partial charge in [-0.25, -0.2) is 9.78 Å². The van der Waals surface area contributed by atoms with Crippen molar-refractivity contribution in [2.24, 2.45) is 0 Å². The summed E-state index contributed by atoms with van der Waals surface area (Å²) in [6.07, 6.45) is -4.53. The van der Waals surface area contributed by atoms with E-state index in [0.717, 1.165) is 10.2 Å². The number of urea groups is 1. The summed E-state index contributed by atoms with van der Waals surface area (Å²) in [4.78, 5) is 27.1. The molecule has 0 saturated heterocycles. The minimum absolute atomic E-state index is 0.639. The van der Waals surface area contributed by atoms with Crippen molar-refractivity contribution in [3.63, 3.8) is 0 Å². The molecule has 0 fully saturated rings. The molecule has 1 aromatic heterocycles. The van der Waals surface area contributed by atoms with Crippen LogP contribution in [0, 0.1) is 0 Å². The fourth-order valence-electron chi connectivity index (χ4n) is 1.71. The van der Waals surface area contributed by atoms with Crippen molar-refractivity contribution in [1.82, 2.24) is 15.6 Å². The molecule has 1 atom stereocenters. The van der Waals surface area contributed by atoms with Gasteiger partial charge in [-0.2, -0.15) is 13.2 Å². The summed E-state index contributed by atoms with van der Waals surface area (Å²) in [5.41, 5.74) is 3.15. The molecular formula is C13H13F3N4O2S. The van der Waals surface area contributed by atoms with Crippen LogP contribution >= 0.6 is 11.3 Å². The molecule has 1 aromatic carbocycles. The van der Waals surface area contributed by atoms with Crippen molar-refractivity contribution in [3.05, 3.63) is 23.7 Å². The van der Waals surface area contributed by atoms with Gasteiger partial charge in [-0.3, -0.25) is 10.1 Å². The fraction of sp³-hybridized carbons (Fsp3) is 0.308. The summed E-state index contributed by atoms with van der Waals surface area (Å²) < 4.78 is 36.8. The first-order valence-electron chi connectivity index (χ1n) is 6.50. The molecule has 2 rings (SSSR count). The van der Waals surface area contributed by atoms with Crippen LogP contribution in [-0.2, 0) is 4.79 Å². The minimum Gasteiger partial charge on any atom is -0.374 e. The number of halogens is 3. The van der Waals surface area contributed by atoms with Crippen LogP contribution in [0.5, 0.6) is 0 Å². The zero-order valence-corrected chi connectivity index (χ0v) is 12.7. The Morgan fingerprint density at radius 3 is 2.78 bits per heavy atom. The number of carbonyl (C=O) groups is 2. The number of imide groups is 1. The summed E-state index contributed by atoms with van der Waals surface area (Å²) in [5.74, 6) is -0.742. The van der Waals surface area contributed by atoms with E-state index in [1.807, 2.05) is 5.32 Å². The van der Waals surface area contributed by atoms with Crippen LogP contribution in [0.4, 0.5) is 23.7 Å². The maximum Gasteiger partial charge on any atom is 0.405 e. The van der Waals surface area contributed by atoms with Crippen molar-refractivity contribution >= 4 is 39.2 Å². The Morgan fingerprint density at radius 2 is 2.09 bits per heavy atom. The maximum atomic E-state index is 12.0. The van der Waals surface area contributed by atoms with Gasteiger partial charge in [0.05, 0.1) is 15.7 Å². The number of carbonyl (C=O) groups excluding carboxylic acids is 2. The number of aromatic nitrogens is 1. The number of fused-ring (bicyclic) bond motifs is 1. The number of rotatable bonds is 4. The van der Waals surface area contributed by atoms with Gasteiger partial charge in [-0.1, -0.05) is 0 Å². The van der Waals surface area contributed by atoms with Crippen molar-refractivity contribution in [2.45, 2.75) is 19.1 Å². The third-order valence-electron chi connectivity index (χ3n) is 2.79. The van der Waals surface area contributed by atoms with Gasteiger partial charge in [0.25, 0.3) is 0 Å². The van der Waals surface area contributed by atoms with E-state index in [9.17, 15) is 22.8 Å². The molecule has 0 bridgehead atoms. The van der Waals surface area contributed by atoms with Gasteiger partial charge in [0.2, 0.25) is 5.91 Å². The van der Waals surface area contributed by atoms with Crippen LogP contribution in [0.25, 0.3) is 10.2 Å². The summed E-state index contributed by atoms with van der Waals surface area (Å²) in [6, 6.07) is 3.28. The quantitative estimate of drug-likeness (QED) is 0.794. The molecule has 2 aromatic rings. The number of thiazole rings is 1. The van der Waals surface area contributed by atoms with Crippen LogP contribution < -0.4 is 16.0 Å². The van der Waals surface area contributed by atoms with Crippen molar-refractivity contribution < 1.29 is 22.8 Å². The van der Waals surface area contributed by atoms with Gasteiger partial charge in [0, 0.05) is 5.69 Å². The average Bonchev–Trinajstić information content (AvgIpc) is 2.91. The normalized spacial score (nSPS) is 12.7. The second kappa shape index (κ2) is 6.82. The van der Waals surface area contributed by atoms with E-state index in [4.69, 9.17) is 0 Å². The van der Waals surface area contributed by atoms with Crippen LogP contribution in [0.1, 0.15) is 6.92 Å². The number of hydrogen-bond donors (Lipinski definition) is 3. The number of amides is 3. The summed E-state index contributed by atoms with van der Waals surface area (Å²) in [5, 5.41) is 6.27. The molecule has 0 aliphatic rings. The van der Waals surface area contributed by atoms with E-state index in [0.29, 0.717) is 5.69 Å². The van der Waals surface area contributed by atoms with E-state index in [1.54, 1.807) is 29.0 Å². The second-order valence-corrected chi connectivity index (χ2v) is 5.57. The Morgan fingerprint density at radius 1 is 1.35 bits per heavy atom. The molecule has 3 N–H and O–H groups in total. The lowest BCUT2D eigenvalue weighted by Crippen LogP contribution is -2.47. The van der Waals surface area contributed by atoms with Gasteiger partial charge in [0.1, 0.15) is 12.6 Å². The lowest BCUT2D eigenvalue weighted by molar-refractivity contribution is -0.124. The Bertz CT molecular complexity index is 717. The first-order valence-corrected chi connectivity index (χ1v) is 7.38. The summed E-state index contributed by atoms with van der Waals surface area (Å²) >= 11 is 1.43. The fourth-order valence-corrected chi connectivity index (χ4v) is 2.42. The first kappa shape index (κ1) is 17.0. The monoisotopic (exact) mass is 346 g/mol. The number of hydrogen-bond acceptors (Lipinski definition) is 5. The summed E-state index contributed by atoms with van der Waals surface area (Å²) in [6.45, 7) is -0.0147. The molecule has 0 aliphatic heterocycles. The van der Waals surface area contributed by atoms with E-state index in [1.165, 1.54) is 18.3 Å². The molecule has 0 radical (unpaired) electrons. The molecule has 23 heavy (non-hydrogen) atoms. The summed E-state index contributed by atoms with van der Waals surface area (Å²) in [7, 11) is 0. The van der Waals surface area contributed by atoms with Crippen LogP contribution in [0.15, 0.2) is 23.7 Å². The Hall–Kier alpha value is -2.36. The molecule has 0 saturated carbocycles. The number of anilines is 1. The number of alkyl halides is 3. The molecule has 1 unspecified atom stereocenters. The Balaban J connectivity index is 1.88. The standard InChI is InChI=1S/C13H13F3N4O2S/c1-7(11(21)20-12(22)17-5-13(14,15)16)19-8-2-3-9-10(4-8)23-6-18-9/h2-4,6-7,19H,5H2,1H3,(H2,17,20,21,22). The smallest absolute Gasteiger partial charge is 0.374 e. The Labute approximate surface area is 133 Å². The van der Waals surface area contributed by atoms with Crippen LogP contribution in [0.3, 0.4) is 0 Å². The molecule has 3 amide bonds. The SMILES string of the molecule is CC(Nc1ccc2ncsc2c1)C(=O)NC(=O)NCC(F)(F)F. The van der Waals surface area contributed by atoms with Gasteiger partial charge in [-0.15, -0.1) is 11.3 Å². The van der Waals surface area contributed by atoms with Gasteiger partial charge in [0.15, 0.2) is 0 Å². The van der Waals surface area contributed by atoms with E-state index in [2.05, 4.69) is 10.3 Å². The second-order valence-electron chi connectivity index (χ2n) is 4.69. The zero-order chi connectivity index (χ0) is 17.0. The van der Waals surface area contributed by atoms with Crippen molar-refractivity contribution in [3.8, 4) is 0 Å². The highest BCUT2D eigenvalue weighted by Crippen LogP contribution is 2.22. The largest absolute Gasteiger partial charge is 0.405 e. The molecule has 124 valence electrons. The highest BCUT2D eigenvalue weighted by molar-refractivity contribution is 7.16. The third kappa shape index (κ3) is 5.09. The lowest BCUT2D eigenvalue weighted by Gasteiger charge is -2.15. The van der Waals surface area contributed by atoms with E-state index < -0.39 is 30.7 Å². The maximum absolute atomic E-state index is 12.0. The topological polar surface area (TPSA) is 83.1 Å². The van der Waals surface area contributed by atoms with Gasteiger partial charge < -0.3 is 10.6 Å². The first-order chi connectivity index (χ1) is 10.7. The van der Waals surface area contributed by atoms with Crippen molar-refractivity contribution in [2.75, 3.05) is 11.9 Å². The van der Waals surface area contributed by atoms with Crippen molar-refractivity contribution in [1.29, 1.82) is 0 Å². The molecule has 6 nitrogen and oxygen atoms in total. The number of benzene rings is 1. The van der Waals surface area contributed by atoms with Crippen LogP contribution in [0.2, 0.25) is 0 Å². The lowest BCUT2D eigenvalue weighted by atomic mass is 10.2. The number of nitrogens with zero attached hydrogens (tertiary/aromatic N) is 1. The van der Waals surface area contributed by atoms with Crippen LogP contribution in [-0.4, -0.2) is 35.7 Å². The molecule has 0 aliphatic carbocycles. The Kier molecular flexibility index (Phi) is 5.04. The predicted molar refractivity (Wildman–Crippen MR) is 80.3 cm³/mol. The zero-order valence-electron chi connectivity index (χ0n) is 11.9. The highest BCUT2D eigenvalue weighted by atomic mass is 32.1. The van der Waals surface area contributed by atoms with Gasteiger partial charge >= 0.3 is 12.2 Å². The highest BCUT2D eigenvalue weighted by Gasteiger charge is 2.28. The van der Waals surface area contributed by atoms with E-state index >= 15 is 0 Å². The average molecular weight is 346 g/mol. The minimum atomic E-state index is -4.53. The molecule has 10 heteroatoms. The molecule has 0 spiro atoms. The molecule has 1 heterocycles.